The van der Waals surface area contributed by atoms with Gasteiger partial charge in [-0.3, -0.25) is 4.79 Å². The molecule has 0 aliphatic heterocycles. The van der Waals surface area contributed by atoms with Gasteiger partial charge in [-0.2, -0.15) is 4.99 Å². The molecule has 24 heavy (non-hydrogen) atoms. The summed E-state index contributed by atoms with van der Waals surface area (Å²) in [5.74, 6) is -0.202. The van der Waals surface area contributed by atoms with Crippen LogP contribution in [0.15, 0.2) is 45.9 Å². The van der Waals surface area contributed by atoms with E-state index in [0.717, 1.165) is 27.8 Å². The maximum Gasteiger partial charge on any atom is 0.279 e. The third-order valence-corrected chi connectivity index (χ3v) is 5.60. The van der Waals surface area contributed by atoms with Gasteiger partial charge in [-0.15, -0.1) is 0 Å². The number of thiazole rings is 1. The zero-order valence-electron chi connectivity index (χ0n) is 14.0. The Morgan fingerprint density at radius 2 is 1.83 bits per heavy atom. The number of halogens is 1. The molecule has 124 valence electrons. The smallest absolute Gasteiger partial charge is 0.279 e. The van der Waals surface area contributed by atoms with E-state index in [1.54, 1.807) is 23.5 Å². The van der Waals surface area contributed by atoms with E-state index < -0.39 is 0 Å². The van der Waals surface area contributed by atoms with Gasteiger partial charge in [0, 0.05) is 16.6 Å². The molecule has 0 saturated heterocycles. The Balaban J connectivity index is 2.15. The molecular weight excluding hydrogens is 384 g/mol. The molecule has 1 heterocycles. The monoisotopic (exact) mass is 402 g/mol. The minimum Gasteiger partial charge on any atom is -0.316 e. The molecule has 0 N–H and O–H groups in total. The fourth-order valence-corrected chi connectivity index (χ4v) is 3.99. The largest absolute Gasteiger partial charge is 0.316 e. The predicted octanol–water partition coefficient (Wildman–Crippen LogP) is 5.23. The third kappa shape index (κ3) is 3.37. The summed E-state index contributed by atoms with van der Waals surface area (Å²) in [6, 6.07) is 11.7. The zero-order chi connectivity index (χ0) is 17.3. The molecule has 0 aliphatic rings. The van der Waals surface area contributed by atoms with Crippen molar-refractivity contribution in [2.75, 3.05) is 0 Å². The number of fused-ring (bicyclic) bond motifs is 1. The SMILES string of the molecule is CCCn1c(=NC(=O)c2ccc(Br)cc2)sc2cc(C)c(C)cc21. The van der Waals surface area contributed by atoms with Crippen LogP contribution in [0.2, 0.25) is 0 Å². The second-order valence-electron chi connectivity index (χ2n) is 5.86. The first-order chi connectivity index (χ1) is 11.5. The summed E-state index contributed by atoms with van der Waals surface area (Å²) in [5, 5.41) is 0. The number of amides is 1. The number of hydrogen-bond acceptors (Lipinski definition) is 2. The van der Waals surface area contributed by atoms with Gasteiger partial charge in [-0.1, -0.05) is 34.2 Å². The molecule has 5 heteroatoms. The highest BCUT2D eigenvalue weighted by molar-refractivity contribution is 9.10. The molecule has 3 rings (SSSR count). The highest BCUT2D eigenvalue weighted by Gasteiger charge is 2.10. The third-order valence-electron chi connectivity index (χ3n) is 4.03. The second kappa shape index (κ2) is 7.03. The summed E-state index contributed by atoms with van der Waals surface area (Å²) in [5.41, 5.74) is 4.28. The molecular formula is C19H19BrN2OS. The minimum absolute atomic E-state index is 0.202. The number of carbonyl (C=O) groups excluding carboxylic acids is 1. The van der Waals surface area contributed by atoms with Crippen LogP contribution in [0.25, 0.3) is 10.2 Å². The Kier molecular flexibility index (Phi) is 5.01. The molecule has 0 spiro atoms. The molecule has 0 radical (unpaired) electrons. The van der Waals surface area contributed by atoms with Crippen molar-refractivity contribution in [3.8, 4) is 0 Å². The van der Waals surface area contributed by atoms with E-state index in [0.29, 0.717) is 5.56 Å². The van der Waals surface area contributed by atoms with Gasteiger partial charge in [0.1, 0.15) is 0 Å². The van der Waals surface area contributed by atoms with Crippen LogP contribution in [-0.2, 0) is 6.54 Å². The summed E-state index contributed by atoms with van der Waals surface area (Å²) in [6.45, 7) is 7.22. The second-order valence-corrected chi connectivity index (χ2v) is 7.79. The number of rotatable bonds is 3. The average molecular weight is 403 g/mol. The Labute approximate surface area is 153 Å². The van der Waals surface area contributed by atoms with Crippen molar-refractivity contribution in [3.05, 3.63) is 62.4 Å². The first kappa shape index (κ1) is 17.1. The van der Waals surface area contributed by atoms with Crippen molar-refractivity contribution in [1.29, 1.82) is 0 Å². The molecule has 3 nitrogen and oxygen atoms in total. The zero-order valence-corrected chi connectivity index (χ0v) is 16.4. The molecule has 0 aliphatic carbocycles. The van der Waals surface area contributed by atoms with Crippen molar-refractivity contribution in [2.24, 2.45) is 4.99 Å². The number of carbonyl (C=O) groups is 1. The molecule has 1 amide bonds. The summed E-state index contributed by atoms with van der Waals surface area (Å²) >= 11 is 4.97. The number of nitrogens with zero attached hydrogens (tertiary/aromatic N) is 2. The van der Waals surface area contributed by atoms with Gasteiger partial charge in [0.15, 0.2) is 4.80 Å². The van der Waals surface area contributed by atoms with Crippen LogP contribution in [0.1, 0.15) is 34.8 Å². The van der Waals surface area contributed by atoms with Gasteiger partial charge < -0.3 is 4.57 Å². The van der Waals surface area contributed by atoms with E-state index in [1.807, 2.05) is 12.1 Å². The summed E-state index contributed by atoms with van der Waals surface area (Å²) in [4.78, 5) is 17.7. The maximum atomic E-state index is 12.5. The van der Waals surface area contributed by atoms with Gasteiger partial charge in [-0.25, -0.2) is 0 Å². The van der Waals surface area contributed by atoms with Gasteiger partial charge in [-0.05, 0) is 67.8 Å². The Morgan fingerprint density at radius 3 is 2.50 bits per heavy atom. The van der Waals surface area contributed by atoms with Gasteiger partial charge in [0.25, 0.3) is 5.91 Å². The van der Waals surface area contributed by atoms with Gasteiger partial charge in [0.2, 0.25) is 0 Å². The summed E-state index contributed by atoms with van der Waals surface area (Å²) in [6.07, 6.45) is 0.998. The molecule has 0 bridgehead atoms. The molecule has 0 saturated carbocycles. The summed E-state index contributed by atoms with van der Waals surface area (Å²) < 4.78 is 4.28. The van der Waals surface area contributed by atoms with Crippen molar-refractivity contribution in [3.63, 3.8) is 0 Å². The lowest BCUT2D eigenvalue weighted by Crippen LogP contribution is -2.16. The van der Waals surface area contributed by atoms with Crippen molar-refractivity contribution in [2.45, 2.75) is 33.7 Å². The standard InChI is InChI=1S/C19H19BrN2OS/c1-4-9-22-16-10-12(2)13(3)11-17(16)24-19(22)21-18(23)14-5-7-15(20)8-6-14/h5-8,10-11H,4,9H2,1-3H3. The normalized spacial score (nSPS) is 12.1. The Bertz CT molecular complexity index is 967. The van der Waals surface area contributed by atoms with E-state index in [2.05, 4.69) is 58.4 Å². The maximum absolute atomic E-state index is 12.5. The lowest BCUT2D eigenvalue weighted by Gasteiger charge is -2.05. The number of hydrogen-bond donors (Lipinski definition) is 0. The lowest BCUT2D eigenvalue weighted by atomic mass is 10.1. The lowest BCUT2D eigenvalue weighted by molar-refractivity contribution is 0.0998. The molecule has 2 aromatic carbocycles. The van der Waals surface area contributed by atoms with E-state index in [-0.39, 0.29) is 5.91 Å². The number of benzene rings is 2. The number of aromatic nitrogens is 1. The van der Waals surface area contributed by atoms with Crippen LogP contribution in [0.3, 0.4) is 0 Å². The van der Waals surface area contributed by atoms with Crippen LogP contribution < -0.4 is 4.80 Å². The quantitative estimate of drug-likeness (QED) is 0.590. The topological polar surface area (TPSA) is 34.4 Å². The molecule has 1 aromatic heterocycles. The molecule has 0 unspecified atom stereocenters. The molecule has 0 fully saturated rings. The fourth-order valence-electron chi connectivity index (χ4n) is 2.59. The average Bonchev–Trinajstić information content (AvgIpc) is 2.86. The molecule has 3 aromatic rings. The summed E-state index contributed by atoms with van der Waals surface area (Å²) in [7, 11) is 0. The van der Waals surface area contributed by atoms with E-state index in [4.69, 9.17) is 0 Å². The van der Waals surface area contributed by atoms with E-state index in [9.17, 15) is 4.79 Å². The molecule has 0 atom stereocenters. The van der Waals surface area contributed by atoms with Crippen LogP contribution in [0, 0.1) is 13.8 Å². The van der Waals surface area contributed by atoms with Gasteiger partial charge in [0.05, 0.1) is 10.2 Å². The van der Waals surface area contributed by atoms with Gasteiger partial charge >= 0.3 is 0 Å². The van der Waals surface area contributed by atoms with Crippen molar-refractivity contribution in [1.82, 2.24) is 4.57 Å². The van der Waals surface area contributed by atoms with Crippen molar-refractivity contribution < 1.29 is 4.79 Å². The van der Waals surface area contributed by atoms with E-state index in [1.165, 1.54) is 15.8 Å². The predicted molar refractivity (Wildman–Crippen MR) is 104 cm³/mol. The first-order valence-corrected chi connectivity index (χ1v) is 9.55. The Hall–Kier alpha value is -1.72. The number of aryl methyl sites for hydroxylation is 3. The highest BCUT2D eigenvalue weighted by Crippen LogP contribution is 2.22. The van der Waals surface area contributed by atoms with Crippen LogP contribution in [0.4, 0.5) is 0 Å². The van der Waals surface area contributed by atoms with Crippen molar-refractivity contribution >= 4 is 43.4 Å². The Morgan fingerprint density at radius 1 is 1.17 bits per heavy atom. The minimum atomic E-state index is -0.202. The van der Waals surface area contributed by atoms with Crippen LogP contribution in [-0.4, -0.2) is 10.5 Å². The first-order valence-electron chi connectivity index (χ1n) is 7.95. The van der Waals surface area contributed by atoms with Crippen LogP contribution in [0.5, 0.6) is 0 Å². The van der Waals surface area contributed by atoms with Crippen LogP contribution >= 0.6 is 27.3 Å². The van der Waals surface area contributed by atoms with E-state index >= 15 is 0 Å². The highest BCUT2D eigenvalue weighted by atomic mass is 79.9. The fraction of sp³-hybridized carbons (Fsp3) is 0.263.